The first-order chi connectivity index (χ1) is 11.6. The summed E-state index contributed by atoms with van der Waals surface area (Å²) >= 11 is 0. The number of hydrogen-bond donors (Lipinski definition) is 1. The lowest BCUT2D eigenvalue weighted by molar-refractivity contribution is -0.139. The standard InChI is InChI=1S/C19H29N3O2/c1-16(17-6-5-9-20-15-17)21-10-12-22(13-11-21)18(23)14-19(24)7-3-2-4-8-19/h5-6,9,15-16,24H,2-4,7-8,10-14H2,1H3. The second kappa shape index (κ2) is 7.62. The monoisotopic (exact) mass is 331 g/mol. The number of pyridine rings is 1. The van der Waals surface area contributed by atoms with Crippen LogP contribution in [0.4, 0.5) is 0 Å². The maximum atomic E-state index is 12.6. The van der Waals surface area contributed by atoms with Gasteiger partial charge in [0.05, 0.1) is 12.0 Å². The molecule has 5 heteroatoms. The zero-order valence-electron chi connectivity index (χ0n) is 14.7. The highest BCUT2D eigenvalue weighted by Gasteiger charge is 2.34. The van der Waals surface area contributed by atoms with Crippen LogP contribution in [0.2, 0.25) is 0 Å². The van der Waals surface area contributed by atoms with Crippen LogP contribution in [-0.2, 0) is 4.79 Å². The molecule has 1 N–H and O–H groups in total. The van der Waals surface area contributed by atoms with Crippen LogP contribution < -0.4 is 0 Å². The first-order valence-electron chi connectivity index (χ1n) is 9.22. The fraction of sp³-hybridized carbons (Fsp3) is 0.684. The number of aromatic nitrogens is 1. The van der Waals surface area contributed by atoms with E-state index >= 15 is 0 Å². The van der Waals surface area contributed by atoms with Crippen LogP contribution in [0.5, 0.6) is 0 Å². The van der Waals surface area contributed by atoms with Crippen molar-refractivity contribution in [3.63, 3.8) is 0 Å². The van der Waals surface area contributed by atoms with E-state index in [-0.39, 0.29) is 5.91 Å². The Morgan fingerprint density at radius 1 is 1.25 bits per heavy atom. The average Bonchev–Trinajstić information content (AvgIpc) is 2.62. The highest BCUT2D eigenvalue weighted by Crippen LogP contribution is 2.31. The van der Waals surface area contributed by atoms with E-state index in [0.29, 0.717) is 12.5 Å². The lowest BCUT2D eigenvalue weighted by Crippen LogP contribution is -2.51. The maximum absolute atomic E-state index is 12.6. The van der Waals surface area contributed by atoms with Crippen LogP contribution in [0.25, 0.3) is 0 Å². The molecule has 5 nitrogen and oxygen atoms in total. The fourth-order valence-electron chi connectivity index (χ4n) is 3.97. The highest BCUT2D eigenvalue weighted by molar-refractivity contribution is 5.77. The Hall–Kier alpha value is -1.46. The number of carbonyl (C=O) groups excluding carboxylic acids is 1. The van der Waals surface area contributed by atoms with E-state index in [1.807, 2.05) is 17.2 Å². The number of nitrogens with zero attached hydrogens (tertiary/aromatic N) is 3. The van der Waals surface area contributed by atoms with Gasteiger partial charge in [-0.1, -0.05) is 25.3 Å². The normalized spacial score (nSPS) is 23.0. The summed E-state index contributed by atoms with van der Waals surface area (Å²) in [6, 6.07) is 4.39. The Balaban J connectivity index is 1.50. The van der Waals surface area contributed by atoms with Gasteiger partial charge in [-0.25, -0.2) is 0 Å². The third-order valence-electron chi connectivity index (χ3n) is 5.65. The van der Waals surface area contributed by atoms with Gasteiger partial charge in [0.1, 0.15) is 0 Å². The molecule has 1 aromatic rings. The van der Waals surface area contributed by atoms with Crippen molar-refractivity contribution in [1.82, 2.24) is 14.8 Å². The molecular formula is C19H29N3O2. The molecule has 0 spiro atoms. The van der Waals surface area contributed by atoms with Gasteiger partial charge >= 0.3 is 0 Å². The minimum absolute atomic E-state index is 0.119. The van der Waals surface area contributed by atoms with Crippen molar-refractivity contribution in [1.29, 1.82) is 0 Å². The molecule has 1 aliphatic heterocycles. The Bertz CT molecular complexity index is 535. The molecule has 132 valence electrons. The SMILES string of the molecule is CC(c1cccnc1)N1CCN(C(=O)CC2(O)CCCCC2)CC1. The van der Waals surface area contributed by atoms with Crippen molar-refractivity contribution in [2.24, 2.45) is 0 Å². The van der Waals surface area contributed by atoms with Gasteiger partial charge < -0.3 is 10.0 Å². The molecule has 1 aromatic heterocycles. The minimum atomic E-state index is -0.754. The fourth-order valence-corrected chi connectivity index (χ4v) is 3.97. The molecule has 2 fully saturated rings. The third-order valence-corrected chi connectivity index (χ3v) is 5.65. The highest BCUT2D eigenvalue weighted by atomic mass is 16.3. The molecule has 1 saturated heterocycles. The zero-order valence-corrected chi connectivity index (χ0v) is 14.7. The van der Waals surface area contributed by atoms with Gasteiger partial charge in [0.2, 0.25) is 5.91 Å². The number of amides is 1. The number of aliphatic hydroxyl groups is 1. The molecule has 3 rings (SSSR count). The van der Waals surface area contributed by atoms with E-state index in [1.165, 1.54) is 12.0 Å². The van der Waals surface area contributed by atoms with Crippen molar-refractivity contribution in [3.8, 4) is 0 Å². The van der Waals surface area contributed by atoms with E-state index in [9.17, 15) is 9.90 Å². The van der Waals surface area contributed by atoms with Gasteiger partial charge in [0.15, 0.2) is 0 Å². The van der Waals surface area contributed by atoms with Crippen LogP contribution >= 0.6 is 0 Å². The van der Waals surface area contributed by atoms with Crippen molar-refractivity contribution in [2.45, 2.75) is 57.1 Å². The summed E-state index contributed by atoms with van der Waals surface area (Å²) in [6.45, 7) is 5.44. The second-order valence-electron chi connectivity index (χ2n) is 7.34. The molecule has 1 unspecified atom stereocenters. The lowest BCUT2D eigenvalue weighted by atomic mass is 9.82. The van der Waals surface area contributed by atoms with Gasteiger partial charge in [0, 0.05) is 44.6 Å². The topological polar surface area (TPSA) is 56.7 Å². The molecule has 24 heavy (non-hydrogen) atoms. The van der Waals surface area contributed by atoms with Crippen LogP contribution in [0.15, 0.2) is 24.5 Å². The summed E-state index contributed by atoms with van der Waals surface area (Å²) in [5, 5.41) is 10.6. The van der Waals surface area contributed by atoms with Crippen molar-refractivity contribution < 1.29 is 9.90 Å². The van der Waals surface area contributed by atoms with Crippen LogP contribution in [-0.4, -0.2) is 57.6 Å². The summed E-state index contributed by atoms with van der Waals surface area (Å²) in [5.41, 5.74) is 0.462. The number of carbonyl (C=O) groups is 1. The third kappa shape index (κ3) is 4.14. The average molecular weight is 331 g/mol. The van der Waals surface area contributed by atoms with Crippen LogP contribution in [0.1, 0.15) is 57.1 Å². The van der Waals surface area contributed by atoms with Crippen molar-refractivity contribution >= 4 is 5.91 Å². The van der Waals surface area contributed by atoms with Gasteiger partial charge in [-0.05, 0) is 31.4 Å². The summed E-state index contributed by atoms with van der Waals surface area (Å²) < 4.78 is 0. The first kappa shape index (κ1) is 17.4. The summed E-state index contributed by atoms with van der Waals surface area (Å²) in [4.78, 5) is 21.1. The van der Waals surface area contributed by atoms with E-state index in [0.717, 1.165) is 51.9 Å². The Morgan fingerprint density at radius 3 is 2.58 bits per heavy atom. The molecule has 0 aromatic carbocycles. The number of rotatable bonds is 4. The van der Waals surface area contributed by atoms with E-state index in [4.69, 9.17) is 0 Å². The van der Waals surface area contributed by atoms with E-state index < -0.39 is 5.60 Å². The molecule has 1 atom stereocenters. The molecule has 1 aliphatic carbocycles. The quantitative estimate of drug-likeness (QED) is 0.920. The maximum Gasteiger partial charge on any atom is 0.225 e. The number of piperazine rings is 1. The predicted molar refractivity (Wildman–Crippen MR) is 93.5 cm³/mol. The van der Waals surface area contributed by atoms with E-state index in [2.05, 4.69) is 22.9 Å². The Kier molecular flexibility index (Phi) is 5.51. The van der Waals surface area contributed by atoms with Gasteiger partial charge in [-0.3, -0.25) is 14.7 Å². The molecule has 2 heterocycles. The molecule has 2 aliphatic rings. The largest absolute Gasteiger partial charge is 0.389 e. The molecule has 0 bridgehead atoms. The van der Waals surface area contributed by atoms with Gasteiger partial charge in [0.25, 0.3) is 0 Å². The smallest absolute Gasteiger partial charge is 0.225 e. The van der Waals surface area contributed by atoms with Crippen molar-refractivity contribution in [3.05, 3.63) is 30.1 Å². The summed E-state index contributed by atoms with van der Waals surface area (Å²) in [7, 11) is 0. The summed E-state index contributed by atoms with van der Waals surface area (Å²) in [6.07, 6.45) is 8.82. The van der Waals surface area contributed by atoms with Crippen molar-refractivity contribution in [2.75, 3.05) is 26.2 Å². The Labute approximate surface area is 144 Å². The lowest BCUT2D eigenvalue weighted by Gasteiger charge is -2.40. The molecule has 1 saturated carbocycles. The Morgan fingerprint density at radius 2 is 1.96 bits per heavy atom. The first-order valence-corrected chi connectivity index (χ1v) is 9.22. The molecule has 0 radical (unpaired) electrons. The van der Waals surface area contributed by atoms with Gasteiger partial charge in [-0.2, -0.15) is 0 Å². The summed E-state index contributed by atoms with van der Waals surface area (Å²) in [5.74, 6) is 0.119. The number of hydrogen-bond acceptors (Lipinski definition) is 4. The van der Waals surface area contributed by atoms with Gasteiger partial charge in [-0.15, -0.1) is 0 Å². The molecular weight excluding hydrogens is 302 g/mol. The second-order valence-corrected chi connectivity index (χ2v) is 7.34. The zero-order chi connectivity index (χ0) is 17.0. The van der Waals surface area contributed by atoms with E-state index in [1.54, 1.807) is 6.20 Å². The molecule has 1 amide bonds. The predicted octanol–water partition coefficient (Wildman–Crippen LogP) is 2.37. The van der Waals surface area contributed by atoms with Crippen LogP contribution in [0, 0.1) is 0 Å². The van der Waals surface area contributed by atoms with Crippen LogP contribution in [0.3, 0.4) is 0 Å². The minimum Gasteiger partial charge on any atom is -0.389 e.